The van der Waals surface area contributed by atoms with Crippen molar-refractivity contribution in [2.45, 2.75) is 52.7 Å². The Labute approximate surface area is 203 Å². The molecule has 2 heterocycles. The van der Waals surface area contributed by atoms with Gasteiger partial charge in [-0.3, -0.25) is 0 Å². The van der Waals surface area contributed by atoms with Crippen molar-refractivity contribution in [2.24, 2.45) is 0 Å². The van der Waals surface area contributed by atoms with Crippen LogP contribution in [0.1, 0.15) is 55.5 Å². The Morgan fingerprint density at radius 2 is 1.85 bits per heavy atom. The van der Waals surface area contributed by atoms with E-state index in [4.69, 9.17) is 16.3 Å². The van der Waals surface area contributed by atoms with E-state index in [1.165, 1.54) is 0 Å². The fraction of sp³-hybridized carbons (Fsp3) is 0.320. The molecular weight excluding hydrogens is 452 g/mol. The number of halogens is 1. The smallest absolute Gasteiger partial charge is 0.358 e. The average molecular weight is 479 g/mol. The number of nitrogens with zero attached hydrogens (tertiary/aromatic N) is 5. The number of aryl methyl sites for hydroxylation is 1. The Bertz CT molecular complexity index is 1250. The molecule has 1 N–H and O–H groups in total. The molecule has 4 aromatic rings. The minimum Gasteiger partial charge on any atom is -0.458 e. The van der Waals surface area contributed by atoms with E-state index in [1.54, 1.807) is 0 Å². The molecular formula is C25H27ClN6O2. The van der Waals surface area contributed by atoms with Gasteiger partial charge in [-0.2, -0.15) is 0 Å². The summed E-state index contributed by atoms with van der Waals surface area (Å²) in [5, 5.41) is 14.4. The second kappa shape index (κ2) is 10.6. The highest BCUT2D eigenvalue weighted by atomic mass is 35.5. The number of hydrogen-bond donors (Lipinski definition) is 1. The van der Waals surface area contributed by atoms with Crippen molar-refractivity contribution in [1.82, 2.24) is 30.2 Å². The number of imidazole rings is 1. The summed E-state index contributed by atoms with van der Waals surface area (Å²) in [7, 11) is 0. The molecule has 0 unspecified atom stereocenters. The Balaban J connectivity index is 1.65. The molecule has 0 saturated heterocycles. The van der Waals surface area contributed by atoms with Gasteiger partial charge in [0.1, 0.15) is 5.82 Å². The number of rotatable bonds is 9. The molecule has 34 heavy (non-hydrogen) atoms. The molecule has 176 valence electrons. The summed E-state index contributed by atoms with van der Waals surface area (Å²) < 4.78 is 7.32. The van der Waals surface area contributed by atoms with Gasteiger partial charge in [-0.1, -0.05) is 73.5 Å². The van der Waals surface area contributed by atoms with Crippen LogP contribution in [0.3, 0.4) is 0 Å². The van der Waals surface area contributed by atoms with Crippen molar-refractivity contribution in [2.75, 3.05) is 0 Å². The van der Waals surface area contributed by atoms with Gasteiger partial charge >= 0.3 is 5.97 Å². The number of aromatic nitrogens is 6. The van der Waals surface area contributed by atoms with Crippen LogP contribution in [0.15, 0.2) is 48.5 Å². The van der Waals surface area contributed by atoms with Gasteiger partial charge in [-0.25, -0.2) is 14.9 Å². The van der Waals surface area contributed by atoms with Gasteiger partial charge in [0.15, 0.2) is 16.7 Å². The van der Waals surface area contributed by atoms with Crippen molar-refractivity contribution in [3.63, 3.8) is 0 Å². The van der Waals surface area contributed by atoms with E-state index >= 15 is 0 Å². The van der Waals surface area contributed by atoms with Crippen LogP contribution in [0.2, 0.25) is 5.15 Å². The van der Waals surface area contributed by atoms with E-state index in [-0.39, 0.29) is 11.3 Å². The van der Waals surface area contributed by atoms with E-state index in [2.05, 4.69) is 32.5 Å². The normalized spacial score (nSPS) is 11.2. The fourth-order valence-electron chi connectivity index (χ4n) is 3.81. The van der Waals surface area contributed by atoms with Gasteiger partial charge in [0.2, 0.25) is 0 Å². The summed E-state index contributed by atoms with van der Waals surface area (Å²) in [6.45, 7) is 6.22. The minimum absolute atomic E-state index is 0.183. The lowest BCUT2D eigenvalue weighted by atomic mass is 9.98. The van der Waals surface area contributed by atoms with Gasteiger partial charge in [-0.15, -0.1) is 5.10 Å². The van der Waals surface area contributed by atoms with E-state index in [9.17, 15) is 4.79 Å². The molecule has 0 amide bonds. The highest BCUT2D eigenvalue weighted by Gasteiger charge is 2.24. The van der Waals surface area contributed by atoms with E-state index in [0.29, 0.717) is 18.1 Å². The van der Waals surface area contributed by atoms with Crippen LogP contribution in [-0.2, 0) is 17.7 Å². The van der Waals surface area contributed by atoms with Gasteiger partial charge < -0.3 is 9.30 Å². The fourth-order valence-corrected chi connectivity index (χ4v) is 4.09. The third kappa shape index (κ3) is 5.17. The molecule has 2 aromatic heterocycles. The predicted molar refractivity (Wildman–Crippen MR) is 131 cm³/mol. The number of hydrogen-bond acceptors (Lipinski definition) is 6. The van der Waals surface area contributed by atoms with Gasteiger partial charge in [0.05, 0.1) is 6.10 Å². The number of carbonyl (C=O) groups is 1. The molecule has 8 nitrogen and oxygen atoms in total. The molecule has 0 bridgehead atoms. The number of unbranched alkanes of at least 4 members (excludes halogenated alkanes) is 1. The second-order valence-corrected chi connectivity index (χ2v) is 8.66. The summed E-state index contributed by atoms with van der Waals surface area (Å²) in [4.78, 5) is 17.3. The zero-order chi connectivity index (χ0) is 24.1. The number of tetrazole rings is 1. The molecule has 0 aliphatic carbocycles. The molecule has 0 saturated carbocycles. The summed E-state index contributed by atoms with van der Waals surface area (Å²) in [6.07, 6.45) is 2.47. The standard InChI is InChI=1S/C25H27ClN6O2/c1-4-5-10-21-27-23(26)22(25(33)34-16(2)3)32(21)15-17-11-13-18(14-12-17)19-8-6-7-9-20(19)24-28-30-31-29-24/h6-9,11-14,16H,4-5,10,15H2,1-3H3,(H,28,29,30,31). The SMILES string of the molecule is CCCCc1nc(Cl)c(C(=O)OC(C)C)n1Cc1ccc(-c2ccccc2-c2nnn[nH]2)cc1. The molecule has 0 radical (unpaired) electrons. The number of ether oxygens (including phenoxy) is 1. The second-order valence-electron chi connectivity index (χ2n) is 8.30. The first-order valence-electron chi connectivity index (χ1n) is 11.4. The van der Waals surface area contributed by atoms with Crippen LogP contribution in [0.4, 0.5) is 0 Å². The Hall–Kier alpha value is -3.52. The topological polar surface area (TPSA) is 98.6 Å². The summed E-state index contributed by atoms with van der Waals surface area (Å²) in [6, 6.07) is 16.1. The number of aromatic amines is 1. The monoisotopic (exact) mass is 478 g/mol. The molecule has 0 atom stereocenters. The summed E-state index contributed by atoms with van der Waals surface area (Å²) in [5.74, 6) is 0.942. The lowest BCUT2D eigenvalue weighted by molar-refractivity contribution is 0.0365. The Morgan fingerprint density at radius 3 is 2.50 bits per heavy atom. The lowest BCUT2D eigenvalue weighted by Crippen LogP contribution is -2.18. The first-order valence-corrected chi connectivity index (χ1v) is 11.7. The third-order valence-corrected chi connectivity index (χ3v) is 5.69. The maximum Gasteiger partial charge on any atom is 0.358 e. The molecule has 0 aliphatic rings. The Kier molecular flexibility index (Phi) is 7.37. The summed E-state index contributed by atoms with van der Waals surface area (Å²) >= 11 is 6.39. The third-order valence-electron chi connectivity index (χ3n) is 5.43. The molecule has 0 fully saturated rings. The van der Waals surface area contributed by atoms with Crippen molar-refractivity contribution >= 4 is 17.6 Å². The lowest BCUT2D eigenvalue weighted by Gasteiger charge is -2.14. The van der Waals surface area contributed by atoms with Crippen molar-refractivity contribution in [1.29, 1.82) is 0 Å². The van der Waals surface area contributed by atoms with Crippen LogP contribution >= 0.6 is 11.6 Å². The number of nitrogens with one attached hydrogen (secondary N) is 1. The molecule has 2 aromatic carbocycles. The molecule has 0 aliphatic heterocycles. The van der Waals surface area contributed by atoms with E-state index < -0.39 is 5.97 Å². The maximum atomic E-state index is 12.8. The first kappa shape index (κ1) is 23.6. The van der Waals surface area contributed by atoms with Crippen LogP contribution < -0.4 is 0 Å². The summed E-state index contributed by atoms with van der Waals surface area (Å²) in [5.41, 5.74) is 4.29. The van der Waals surface area contributed by atoms with Crippen LogP contribution in [0.25, 0.3) is 22.5 Å². The van der Waals surface area contributed by atoms with Crippen molar-refractivity contribution in [3.05, 3.63) is 70.8 Å². The zero-order valence-corrected chi connectivity index (χ0v) is 20.2. The average Bonchev–Trinajstić information content (AvgIpc) is 3.46. The van der Waals surface area contributed by atoms with E-state index in [0.717, 1.165) is 47.3 Å². The van der Waals surface area contributed by atoms with Gasteiger partial charge in [0.25, 0.3) is 0 Å². The molecule has 4 rings (SSSR count). The van der Waals surface area contributed by atoms with Crippen LogP contribution in [0.5, 0.6) is 0 Å². The zero-order valence-electron chi connectivity index (χ0n) is 19.5. The van der Waals surface area contributed by atoms with Crippen LogP contribution in [0, 0.1) is 0 Å². The van der Waals surface area contributed by atoms with Gasteiger partial charge in [0, 0.05) is 18.5 Å². The number of H-pyrrole nitrogens is 1. The highest BCUT2D eigenvalue weighted by molar-refractivity contribution is 6.32. The predicted octanol–water partition coefficient (Wildman–Crippen LogP) is 5.34. The molecule has 0 spiro atoms. The minimum atomic E-state index is -0.457. The van der Waals surface area contributed by atoms with Crippen LogP contribution in [-0.4, -0.2) is 42.2 Å². The molecule has 9 heteroatoms. The highest BCUT2D eigenvalue weighted by Crippen LogP contribution is 2.30. The number of benzene rings is 2. The van der Waals surface area contributed by atoms with E-state index in [1.807, 2.05) is 66.9 Å². The number of carbonyl (C=O) groups excluding carboxylic acids is 1. The Morgan fingerprint density at radius 1 is 1.12 bits per heavy atom. The van der Waals surface area contributed by atoms with Gasteiger partial charge in [-0.05, 0) is 47.4 Å². The quantitative estimate of drug-likeness (QED) is 0.326. The maximum absolute atomic E-state index is 12.8. The van der Waals surface area contributed by atoms with Crippen molar-refractivity contribution < 1.29 is 9.53 Å². The van der Waals surface area contributed by atoms with Crippen molar-refractivity contribution in [3.8, 4) is 22.5 Å². The number of esters is 1. The first-order chi connectivity index (χ1) is 16.5. The largest absolute Gasteiger partial charge is 0.458 e.